The summed E-state index contributed by atoms with van der Waals surface area (Å²) < 4.78 is 10.5. The van der Waals surface area contributed by atoms with E-state index >= 15 is 0 Å². The smallest absolute Gasteiger partial charge is 0.285 e. The molecular formula is C23H18I2N2O2S2. The van der Waals surface area contributed by atoms with Crippen LogP contribution >= 0.6 is 69.2 Å². The van der Waals surface area contributed by atoms with Gasteiger partial charge in [0.05, 0.1) is 12.0 Å². The second-order valence-corrected chi connectivity index (χ2v) is 11.0. The maximum absolute atomic E-state index is 13.1. The minimum absolute atomic E-state index is 0.105. The quantitative estimate of drug-likeness (QED) is 0.178. The molecule has 1 aliphatic heterocycles. The lowest BCUT2D eigenvalue weighted by Crippen LogP contribution is -2.39. The molecule has 2 heterocycles. The maximum atomic E-state index is 13.1. The number of ether oxygens (including phenoxy) is 1. The van der Waals surface area contributed by atoms with Crippen LogP contribution in [0.15, 0.2) is 59.5 Å². The van der Waals surface area contributed by atoms with Gasteiger partial charge >= 0.3 is 0 Å². The number of aromatic nitrogens is 1. The van der Waals surface area contributed by atoms with Crippen LogP contribution in [0.5, 0.6) is 5.75 Å². The zero-order valence-electron chi connectivity index (χ0n) is 16.8. The summed E-state index contributed by atoms with van der Waals surface area (Å²) in [7, 11) is 0. The van der Waals surface area contributed by atoms with E-state index in [1.54, 1.807) is 5.01 Å². The summed E-state index contributed by atoms with van der Waals surface area (Å²) in [5, 5.41) is 1.57. The van der Waals surface area contributed by atoms with E-state index in [-0.39, 0.29) is 5.91 Å². The van der Waals surface area contributed by atoms with Gasteiger partial charge in [-0.15, -0.1) is 0 Å². The number of halogens is 2. The third-order valence-corrected chi connectivity index (χ3v) is 7.64. The Bertz CT molecular complexity index is 1160. The van der Waals surface area contributed by atoms with Gasteiger partial charge in [0, 0.05) is 11.4 Å². The molecule has 1 aliphatic rings. The number of carbonyl (C=O) groups excluding carboxylic acids is 1. The molecule has 4 nitrogen and oxygen atoms in total. The van der Waals surface area contributed by atoms with Gasteiger partial charge < -0.3 is 4.74 Å². The van der Waals surface area contributed by atoms with E-state index in [0.29, 0.717) is 15.8 Å². The van der Waals surface area contributed by atoms with Gasteiger partial charge in [0.25, 0.3) is 5.91 Å². The molecule has 0 N–H and O–H groups in total. The fraction of sp³-hybridized carbons (Fsp3) is 0.130. The second kappa shape index (κ2) is 9.63. The number of rotatable bonds is 5. The van der Waals surface area contributed by atoms with Crippen LogP contribution in [-0.4, -0.2) is 14.9 Å². The molecule has 0 radical (unpaired) electrons. The van der Waals surface area contributed by atoms with Gasteiger partial charge in [-0.3, -0.25) is 9.47 Å². The number of hydrogen-bond donors (Lipinski definition) is 0. The van der Waals surface area contributed by atoms with Crippen LogP contribution in [0.25, 0.3) is 6.08 Å². The molecule has 31 heavy (non-hydrogen) atoms. The van der Waals surface area contributed by atoms with E-state index in [1.807, 2.05) is 79.2 Å². The summed E-state index contributed by atoms with van der Waals surface area (Å²) in [6.45, 7) is 4.45. The van der Waals surface area contributed by atoms with E-state index in [4.69, 9.17) is 17.0 Å². The lowest BCUT2D eigenvalue weighted by Gasteiger charge is -2.20. The SMILES string of the molecule is Cc1ccc(C)n1N1C(=O)/C(=C\c2cc(I)c(OCc3ccccc3)c(I)c2)SC1=S. The molecule has 0 unspecified atom stereocenters. The highest BCUT2D eigenvalue weighted by atomic mass is 127. The van der Waals surface area contributed by atoms with Gasteiger partial charge in [-0.2, -0.15) is 5.01 Å². The highest BCUT2D eigenvalue weighted by molar-refractivity contribution is 14.1. The van der Waals surface area contributed by atoms with Crippen molar-refractivity contribution in [1.82, 2.24) is 4.68 Å². The summed E-state index contributed by atoms with van der Waals surface area (Å²) in [5.41, 5.74) is 4.01. The summed E-state index contributed by atoms with van der Waals surface area (Å²) in [6, 6.07) is 18.1. The Labute approximate surface area is 218 Å². The fourth-order valence-electron chi connectivity index (χ4n) is 3.29. The molecule has 158 valence electrons. The standard InChI is InChI=1S/C23H18I2N2O2S2/c1-14-8-9-15(2)26(14)27-22(28)20(31-23(27)30)12-17-10-18(24)21(19(25)11-17)29-13-16-6-4-3-5-7-16/h3-12H,13H2,1-2H3/b20-12+. The zero-order valence-corrected chi connectivity index (χ0v) is 22.7. The van der Waals surface area contributed by atoms with Crippen molar-refractivity contribution in [3.05, 3.63) is 89.2 Å². The molecule has 0 bridgehead atoms. The highest BCUT2D eigenvalue weighted by Gasteiger charge is 2.34. The molecule has 4 rings (SSSR count). The average molecular weight is 672 g/mol. The van der Waals surface area contributed by atoms with Gasteiger partial charge in [-0.1, -0.05) is 42.1 Å². The Morgan fingerprint density at radius 1 is 1.03 bits per heavy atom. The van der Waals surface area contributed by atoms with Crippen LogP contribution in [0.1, 0.15) is 22.5 Å². The van der Waals surface area contributed by atoms with E-state index in [9.17, 15) is 4.79 Å². The molecule has 8 heteroatoms. The summed E-state index contributed by atoms with van der Waals surface area (Å²) in [5.74, 6) is 0.750. The highest BCUT2D eigenvalue weighted by Crippen LogP contribution is 2.35. The largest absolute Gasteiger partial charge is 0.487 e. The summed E-state index contributed by atoms with van der Waals surface area (Å²) in [6.07, 6.45) is 1.90. The predicted octanol–water partition coefficient (Wildman–Crippen LogP) is 6.43. The molecule has 0 aliphatic carbocycles. The van der Waals surface area contributed by atoms with Crippen LogP contribution in [0.3, 0.4) is 0 Å². The number of amides is 1. The van der Waals surface area contributed by atoms with Gasteiger partial charge in [-0.25, -0.2) is 0 Å². The van der Waals surface area contributed by atoms with Gasteiger partial charge in [0.15, 0.2) is 4.32 Å². The van der Waals surface area contributed by atoms with Crippen molar-refractivity contribution in [2.24, 2.45) is 0 Å². The van der Waals surface area contributed by atoms with Crippen LogP contribution in [0, 0.1) is 21.0 Å². The van der Waals surface area contributed by atoms with Crippen molar-refractivity contribution in [1.29, 1.82) is 0 Å². The first-order chi connectivity index (χ1) is 14.8. The first-order valence-corrected chi connectivity index (χ1v) is 12.8. The van der Waals surface area contributed by atoms with Crippen LogP contribution in [-0.2, 0) is 11.4 Å². The van der Waals surface area contributed by atoms with Crippen molar-refractivity contribution in [2.45, 2.75) is 20.5 Å². The van der Waals surface area contributed by atoms with Gasteiger partial charge in [0.1, 0.15) is 12.4 Å². The van der Waals surface area contributed by atoms with Crippen LogP contribution in [0.2, 0.25) is 0 Å². The minimum Gasteiger partial charge on any atom is -0.487 e. The topological polar surface area (TPSA) is 34.5 Å². The molecule has 1 saturated heterocycles. The Balaban J connectivity index is 1.58. The summed E-state index contributed by atoms with van der Waals surface area (Å²) >= 11 is 11.4. The first-order valence-electron chi connectivity index (χ1n) is 9.44. The van der Waals surface area contributed by atoms with E-state index in [1.165, 1.54) is 11.8 Å². The molecule has 0 saturated carbocycles. The lowest BCUT2D eigenvalue weighted by molar-refractivity contribution is -0.114. The number of aryl methyl sites for hydroxylation is 2. The Morgan fingerprint density at radius 3 is 2.26 bits per heavy atom. The monoisotopic (exact) mass is 672 g/mol. The zero-order chi connectivity index (χ0) is 22.1. The van der Waals surface area contributed by atoms with Crippen molar-refractivity contribution in [2.75, 3.05) is 5.01 Å². The van der Waals surface area contributed by atoms with Crippen LogP contribution < -0.4 is 9.75 Å². The molecule has 0 spiro atoms. The lowest BCUT2D eigenvalue weighted by atomic mass is 10.2. The molecule has 0 atom stereocenters. The van der Waals surface area contributed by atoms with Crippen molar-refractivity contribution in [3.63, 3.8) is 0 Å². The first kappa shape index (κ1) is 22.8. The molecular weight excluding hydrogens is 654 g/mol. The number of benzene rings is 2. The third-order valence-electron chi connectivity index (χ3n) is 4.75. The van der Waals surface area contributed by atoms with E-state index in [0.717, 1.165) is 35.4 Å². The Morgan fingerprint density at radius 2 is 1.65 bits per heavy atom. The number of carbonyl (C=O) groups is 1. The van der Waals surface area contributed by atoms with Gasteiger partial charge in [-0.05, 0) is 113 Å². The van der Waals surface area contributed by atoms with Gasteiger partial charge in [0.2, 0.25) is 0 Å². The number of thioether (sulfide) groups is 1. The molecule has 2 aromatic carbocycles. The number of hydrogen-bond acceptors (Lipinski definition) is 4. The van der Waals surface area contributed by atoms with E-state index in [2.05, 4.69) is 45.2 Å². The minimum atomic E-state index is -0.105. The second-order valence-electron chi connectivity index (χ2n) is 7.01. The molecule has 3 aromatic rings. The predicted molar refractivity (Wildman–Crippen MR) is 148 cm³/mol. The maximum Gasteiger partial charge on any atom is 0.285 e. The normalized spacial score (nSPS) is 15.2. The molecule has 1 fully saturated rings. The molecule has 1 amide bonds. The fourth-order valence-corrected chi connectivity index (χ4v) is 6.66. The average Bonchev–Trinajstić information content (AvgIpc) is 3.19. The van der Waals surface area contributed by atoms with Crippen molar-refractivity contribution in [3.8, 4) is 5.75 Å². The molecule has 1 aromatic heterocycles. The Hall–Kier alpha value is -1.37. The number of nitrogens with zero attached hydrogens (tertiary/aromatic N) is 2. The summed E-state index contributed by atoms with van der Waals surface area (Å²) in [4.78, 5) is 13.7. The van der Waals surface area contributed by atoms with E-state index < -0.39 is 0 Å². The third kappa shape index (κ3) is 4.86. The van der Waals surface area contributed by atoms with Crippen molar-refractivity contribution < 1.29 is 9.53 Å². The number of thiocarbonyl (C=S) groups is 1. The van der Waals surface area contributed by atoms with Crippen LogP contribution in [0.4, 0.5) is 0 Å². The Kier molecular flexibility index (Phi) is 7.09. The van der Waals surface area contributed by atoms with Crippen molar-refractivity contribution >= 4 is 85.5 Å².